The molecule has 0 amide bonds. The minimum absolute atomic E-state index is 0.0643. The molecular formula is C27H47F2N3. The van der Waals surface area contributed by atoms with Gasteiger partial charge in [0.1, 0.15) is 5.84 Å². The fourth-order valence-electron chi connectivity index (χ4n) is 3.45. The number of nitrogens with zero attached hydrogens (tertiary/aromatic N) is 2. The SMILES string of the molecule is CC.CCC.CCCN1CCN(C(=N)/C(C)=C\CCCc2ccc(C(C)(F)F)cc2)CC1. The van der Waals surface area contributed by atoms with Gasteiger partial charge in [-0.3, -0.25) is 10.3 Å². The van der Waals surface area contributed by atoms with Crippen molar-refractivity contribution in [2.24, 2.45) is 0 Å². The van der Waals surface area contributed by atoms with Gasteiger partial charge in [0.15, 0.2) is 0 Å². The third kappa shape index (κ3) is 11.8. The highest BCUT2D eigenvalue weighted by molar-refractivity contribution is 5.95. The molecule has 0 unspecified atom stereocenters. The Kier molecular flexibility index (Phi) is 15.9. The quantitative estimate of drug-likeness (QED) is 0.252. The topological polar surface area (TPSA) is 30.3 Å². The zero-order valence-corrected chi connectivity index (χ0v) is 21.6. The maximum Gasteiger partial charge on any atom is 0.270 e. The summed E-state index contributed by atoms with van der Waals surface area (Å²) in [6, 6.07) is 6.62. The molecule has 2 rings (SSSR count). The molecule has 1 aromatic rings. The Balaban J connectivity index is 0.00000177. The molecule has 0 radical (unpaired) electrons. The van der Waals surface area contributed by atoms with E-state index in [2.05, 4.69) is 36.6 Å². The second-order valence-corrected chi connectivity index (χ2v) is 8.25. The molecule has 3 nitrogen and oxygen atoms in total. The van der Waals surface area contributed by atoms with Gasteiger partial charge in [-0.15, -0.1) is 0 Å². The molecule has 0 spiro atoms. The van der Waals surface area contributed by atoms with Crippen LogP contribution in [0.5, 0.6) is 0 Å². The lowest BCUT2D eigenvalue weighted by molar-refractivity contribution is 0.0174. The highest BCUT2D eigenvalue weighted by atomic mass is 19.3. The van der Waals surface area contributed by atoms with Gasteiger partial charge in [0.05, 0.1) is 0 Å². The highest BCUT2D eigenvalue weighted by Gasteiger charge is 2.23. The Bertz CT molecular complexity index is 640. The largest absolute Gasteiger partial charge is 0.354 e. The normalized spacial score (nSPS) is 14.8. The van der Waals surface area contributed by atoms with Gasteiger partial charge in [-0.25, -0.2) is 8.78 Å². The van der Waals surface area contributed by atoms with E-state index in [0.717, 1.165) is 70.0 Å². The number of amidine groups is 1. The van der Waals surface area contributed by atoms with E-state index in [9.17, 15) is 8.78 Å². The number of halogens is 2. The van der Waals surface area contributed by atoms with E-state index in [0.29, 0.717) is 5.84 Å². The van der Waals surface area contributed by atoms with Gasteiger partial charge >= 0.3 is 0 Å². The number of allylic oxidation sites excluding steroid dienone is 1. The number of rotatable bonds is 8. The zero-order valence-electron chi connectivity index (χ0n) is 21.6. The lowest BCUT2D eigenvalue weighted by Gasteiger charge is -2.36. The van der Waals surface area contributed by atoms with Crippen LogP contribution in [-0.2, 0) is 12.3 Å². The van der Waals surface area contributed by atoms with E-state index in [1.54, 1.807) is 12.1 Å². The fraction of sp³-hybridized carbons (Fsp3) is 0.667. The third-order valence-electron chi connectivity index (χ3n) is 5.18. The molecule has 0 atom stereocenters. The van der Waals surface area contributed by atoms with Crippen molar-refractivity contribution >= 4 is 5.84 Å². The smallest absolute Gasteiger partial charge is 0.270 e. The molecule has 184 valence electrons. The summed E-state index contributed by atoms with van der Waals surface area (Å²) in [7, 11) is 0. The molecule has 0 aromatic heterocycles. The maximum absolute atomic E-state index is 13.2. The molecule has 0 saturated carbocycles. The molecule has 1 fully saturated rings. The molecule has 32 heavy (non-hydrogen) atoms. The monoisotopic (exact) mass is 451 g/mol. The van der Waals surface area contributed by atoms with Crippen LogP contribution in [0.3, 0.4) is 0 Å². The van der Waals surface area contributed by atoms with Gasteiger partial charge < -0.3 is 4.90 Å². The van der Waals surface area contributed by atoms with Crippen molar-refractivity contribution in [3.05, 3.63) is 47.0 Å². The van der Waals surface area contributed by atoms with E-state index >= 15 is 0 Å². The van der Waals surface area contributed by atoms with Crippen molar-refractivity contribution in [3.8, 4) is 0 Å². The number of nitrogens with one attached hydrogen (secondary N) is 1. The first-order chi connectivity index (χ1) is 15.2. The summed E-state index contributed by atoms with van der Waals surface area (Å²) in [5.41, 5.74) is 2.17. The predicted octanol–water partition coefficient (Wildman–Crippen LogP) is 7.51. The molecule has 1 N–H and O–H groups in total. The van der Waals surface area contributed by atoms with Crippen LogP contribution in [0.25, 0.3) is 0 Å². The predicted molar refractivity (Wildman–Crippen MR) is 136 cm³/mol. The number of piperazine rings is 1. The molecule has 0 aliphatic carbocycles. The first kappa shape index (κ1) is 30.2. The van der Waals surface area contributed by atoms with Crippen LogP contribution in [0, 0.1) is 5.41 Å². The van der Waals surface area contributed by atoms with Gasteiger partial charge in [0.2, 0.25) is 0 Å². The van der Waals surface area contributed by atoms with Crippen molar-refractivity contribution in [2.75, 3.05) is 32.7 Å². The Morgan fingerprint density at radius 3 is 2.03 bits per heavy atom. The Morgan fingerprint density at radius 2 is 1.56 bits per heavy atom. The van der Waals surface area contributed by atoms with Crippen LogP contribution in [0.2, 0.25) is 0 Å². The minimum atomic E-state index is -2.78. The van der Waals surface area contributed by atoms with Crippen LogP contribution in [0.1, 0.15) is 85.3 Å². The summed E-state index contributed by atoms with van der Waals surface area (Å²) in [6.07, 6.45) is 7.28. The van der Waals surface area contributed by atoms with Gasteiger partial charge in [-0.1, -0.05) is 71.4 Å². The summed E-state index contributed by atoms with van der Waals surface area (Å²) in [5.74, 6) is -2.14. The molecule has 1 saturated heterocycles. The minimum Gasteiger partial charge on any atom is -0.354 e. The standard InChI is InChI=1S/C22H33F2N3.C3H8.C2H6/c1-4-13-26-14-16-27(17-15-26)21(25)18(2)7-5-6-8-19-9-11-20(12-10-19)22(3,23)24;1-3-2;1-2/h7,9-12,25H,4-6,8,13-17H2,1-3H3;3H2,1-2H3;1-2H3/b18-7-,25-21?;;. The van der Waals surface area contributed by atoms with Crippen LogP contribution < -0.4 is 0 Å². The number of hydrogen-bond acceptors (Lipinski definition) is 2. The van der Waals surface area contributed by atoms with Crippen molar-refractivity contribution < 1.29 is 8.78 Å². The van der Waals surface area contributed by atoms with Gasteiger partial charge in [0.25, 0.3) is 5.92 Å². The number of unbranched alkanes of at least 4 members (excludes halogenated alkanes) is 1. The van der Waals surface area contributed by atoms with Gasteiger partial charge in [-0.05, 0) is 50.3 Å². The fourth-order valence-corrected chi connectivity index (χ4v) is 3.45. The van der Waals surface area contributed by atoms with Crippen LogP contribution in [0.4, 0.5) is 8.78 Å². The lowest BCUT2D eigenvalue weighted by Crippen LogP contribution is -2.48. The van der Waals surface area contributed by atoms with Gasteiger partial charge in [-0.2, -0.15) is 0 Å². The number of aryl methyl sites for hydroxylation is 1. The van der Waals surface area contributed by atoms with E-state index < -0.39 is 5.92 Å². The van der Waals surface area contributed by atoms with E-state index in [1.165, 1.54) is 25.0 Å². The summed E-state index contributed by atoms with van der Waals surface area (Å²) in [5, 5.41) is 8.41. The number of hydrogen-bond donors (Lipinski definition) is 1. The molecular weight excluding hydrogens is 404 g/mol. The van der Waals surface area contributed by atoms with E-state index in [1.807, 2.05) is 20.8 Å². The summed E-state index contributed by atoms with van der Waals surface area (Å²) >= 11 is 0. The van der Waals surface area contributed by atoms with E-state index in [-0.39, 0.29) is 5.56 Å². The zero-order chi connectivity index (χ0) is 24.6. The lowest BCUT2D eigenvalue weighted by atomic mass is 10.0. The highest BCUT2D eigenvalue weighted by Crippen LogP contribution is 2.27. The third-order valence-corrected chi connectivity index (χ3v) is 5.18. The Morgan fingerprint density at radius 1 is 1.03 bits per heavy atom. The summed E-state index contributed by atoms with van der Waals surface area (Å²) < 4.78 is 26.5. The van der Waals surface area contributed by atoms with Crippen molar-refractivity contribution in [3.63, 3.8) is 0 Å². The van der Waals surface area contributed by atoms with Gasteiger partial charge in [0, 0.05) is 38.7 Å². The molecule has 0 bridgehead atoms. The summed E-state index contributed by atoms with van der Waals surface area (Å²) in [4.78, 5) is 4.63. The average Bonchev–Trinajstić information content (AvgIpc) is 2.78. The first-order valence-corrected chi connectivity index (χ1v) is 12.4. The number of alkyl halides is 2. The van der Waals surface area contributed by atoms with Crippen LogP contribution >= 0.6 is 0 Å². The molecule has 1 heterocycles. The van der Waals surface area contributed by atoms with E-state index in [4.69, 9.17) is 5.41 Å². The second kappa shape index (κ2) is 16.8. The van der Waals surface area contributed by atoms with Crippen LogP contribution in [-0.4, -0.2) is 48.4 Å². The Labute approximate surface area is 196 Å². The number of benzene rings is 1. The van der Waals surface area contributed by atoms with Crippen LogP contribution in [0.15, 0.2) is 35.9 Å². The molecule has 1 aliphatic rings. The second-order valence-electron chi connectivity index (χ2n) is 8.25. The molecule has 1 aromatic carbocycles. The Hall–Kier alpha value is -1.75. The summed E-state index contributed by atoms with van der Waals surface area (Å²) in [6.45, 7) is 18.5. The van der Waals surface area contributed by atoms with Crippen molar-refractivity contribution in [1.29, 1.82) is 5.41 Å². The van der Waals surface area contributed by atoms with Crippen molar-refractivity contribution in [1.82, 2.24) is 9.80 Å². The first-order valence-electron chi connectivity index (χ1n) is 12.4. The maximum atomic E-state index is 13.2. The molecule has 5 heteroatoms. The van der Waals surface area contributed by atoms with Crippen molar-refractivity contribution in [2.45, 2.75) is 86.5 Å². The average molecular weight is 452 g/mol. The molecule has 1 aliphatic heterocycles.